The van der Waals surface area contributed by atoms with E-state index < -0.39 is 11.7 Å². The minimum absolute atomic E-state index is 0.0257. The quantitative estimate of drug-likeness (QED) is 0.516. The van der Waals surface area contributed by atoms with Gasteiger partial charge in [0.15, 0.2) is 5.82 Å². The highest BCUT2D eigenvalue weighted by atomic mass is 19.1. The smallest absolute Gasteiger partial charge is 0.257 e. The van der Waals surface area contributed by atoms with Crippen LogP contribution in [0.1, 0.15) is 26.5 Å². The molecular weight excluding hydrogens is 401 g/mol. The summed E-state index contributed by atoms with van der Waals surface area (Å²) in [5.74, 6) is -0.993. The van der Waals surface area contributed by atoms with Crippen LogP contribution in [-0.4, -0.2) is 37.0 Å². The zero-order chi connectivity index (χ0) is 21.8. The van der Waals surface area contributed by atoms with Crippen LogP contribution in [0.5, 0.6) is 0 Å². The van der Waals surface area contributed by atoms with Crippen molar-refractivity contribution >= 4 is 23.2 Å². The normalized spacial score (nSPS) is 10.5. The van der Waals surface area contributed by atoms with E-state index >= 15 is 0 Å². The summed E-state index contributed by atoms with van der Waals surface area (Å²) in [6.07, 6.45) is 3.00. The highest BCUT2D eigenvalue weighted by Gasteiger charge is 2.14. The Hall–Kier alpha value is -4.47. The van der Waals surface area contributed by atoms with Crippen LogP contribution in [-0.2, 0) is 0 Å². The van der Waals surface area contributed by atoms with Crippen LogP contribution in [0.25, 0.3) is 5.69 Å². The van der Waals surface area contributed by atoms with E-state index in [1.54, 1.807) is 43.5 Å². The summed E-state index contributed by atoms with van der Waals surface area (Å²) >= 11 is 0. The van der Waals surface area contributed by atoms with E-state index in [1.807, 2.05) is 0 Å². The molecule has 0 unspecified atom stereocenters. The molecule has 154 valence electrons. The van der Waals surface area contributed by atoms with Crippen molar-refractivity contribution in [2.75, 3.05) is 10.6 Å². The van der Waals surface area contributed by atoms with Crippen LogP contribution in [0.15, 0.2) is 67.0 Å². The number of hydrogen-bond acceptors (Lipinski definition) is 6. The molecular formula is C21H16FN7O2. The topological polar surface area (TPSA) is 115 Å². The minimum atomic E-state index is -0.608. The minimum Gasteiger partial charge on any atom is -0.322 e. The van der Waals surface area contributed by atoms with Gasteiger partial charge in [-0.15, -0.1) is 5.10 Å². The van der Waals surface area contributed by atoms with Crippen molar-refractivity contribution in [1.82, 2.24) is 25.2 Å². The van der Waals surface area contributed by atoms with Gasteiger partial charge in [0, 0.05) is 23.6 Å². The van der Waals surface area contributed by atoms with Gasteiger partial charge in [0.2, 0.25) is 0 Å². The Labute approximate surface area is 175 Å². The van der Waals surface area contributed by atoms with Gasteiger partial charge in [0.05, 0.1) is 16.9 Å². The van der Waals surface area contributed by atoms with Crippen LogP contribution in [0, 0.1) is 12.7 Å². The lowest BCUT2D eigenvalue weighted by Crippen LogP contribution is -2.15. The maximum atomic E-state index is 14.3. The Morgan fingerprint density at radius 1 is 0.968 bits per heavy atom. The number of tetrazole rings is 1. The second-order valence-corrected chi connectivity index (χ2v) is 6.53. The van der Waals surface area contributed by atoms with E-state index in [4.69, 9.17) is 0 Å². The number of hydrogen-bond donors (Lipinski definition) is 2. The third-order valence-corrected chi connectivity index (χ3v) is 4.37. The molecule has 2 heterocycles. The predicted molar refractivity (Wildman–Crippen MR) is 110 cm³/mol. The van der Waals surface area contributed by atoms with E-state index in [9.17, 15) is 14.0 Å². The van der Waals surface area contributed by atoms with Crippen molar-refractivity contribution < 1.29 is 14.0 Å². The molecule has 31 heavy (non-hydrogen) atoms. The number of nitrogens with one attached hydrogen (secondary N) is 2. The maximum absolute atomic E-state index is 14.3. The number of amides is 2. The standard InChI is InChI=1S/C21H16FN7O2/c1-13-26-27-28-29(13)17-7-8-18(22)19(11-17)25-20(30)14-4-2-6-16(10-14)24-21(31)15-5-3-9-23-12-15/h2-12H,1H3,(H,24,31)(H,25,30). The fourth-order valence-electron chi connectivity index (χ4n) is 2.84. The second kappa shape index (κ2) is 8.49. The highest BCUT2D eigenvalue weighted by molar-refractivity contribution is 6.07. The van der Waals surface area contributed by atoms with Gasteiger partial charge in [0.25, 0.3) is 11.8 Å². The van der Waals surface area contributed by atoms with Gasteiger partial charge in [-0.25, -0.2) is 4.39 Å². The molecule has 0 bridgehead atoms. The monoisotopic (exact) mass is 417 g/mol. The summed E-state index contributed by atoms with van der Waals surface area (Å²) < 4.78 is 15.7. The predicted octanol–water partition coefficient (Wildman–Crippen LogP) is 3.01. The Bertz CT molecular complexity index is 1260. The molecule has 0 aliphatic heterocycles. The first-order chi connectivity index (χ1) is 15.0. The van der Waals surface area contributed by atoms with Crippen LogP contribution >= 0.6 is 0 Å². The third-order valence-electron chi connectivity index (χ3n) is 4.37. The summed E-state index contributed by atoms with van der Waals surface area (Å²) in [7, 11) is 0. The van der Waals surface area contributed by atoms with Gasteiger partial charge in [-0.1, -0.05) is 6.07 Å². The van der Waals surface area contributed by atoms with Crippen LogP contribution in [0.2, 0.25) is 0 Å². The number of aromatic nitrogens is 5. The number of carbonyl (C=O) groups is 2. The van der Waals surface area contributed by atoms with Gasteiger partial charge in [-0.3, -0.25) is 14.6 Å². The second-order valence-electron chi connectivity index (χ2n) is 6.53. The first-order valence-electron chi connectivity index (χ1n) is 9.19. The van der Waals surface area contributed by atoms with Crippen LogP contribution < -0.4 is 10.6 Å². The summed E-state index contributed by atoms with van der Waals surface area (Å²) in [4.78, 5) is 28.9. The number of carbonyl (C=O) groups excluding carboxylic acids is 2. The molecule has 10 heteroatoms. The third kappa shape index (κ3) is 4.42. The number of aryl methyl sites for hydroxylation is 1. The SMILES string of the molecule is Cc1nnnn1-c1ccc(F)c(NC(=O)c2cccc(NC(=O)c3cccnc3)c2)c1. The van der Waals surface area contributed by atoms with Crippen molar-refractivity contribution in [2.45, 2.75) is 6.92 Å². The molecule has 0 aliphatic carbocycles. The first kappa shape index (κ1) is 19.8. The number of anilines is 2. The molecule has 9 nitrogen and oxygen atoms in total. The molecule has 0 atom stereocenters. The summed E-state index contributed by atoms with van der Waals surface area (Å²) in [6, 6.07) is 13.8. The lowest BCUT2D eigenvalue weighted by atomic mass is 10.1. The Morgan fingerprint density at radius 2 is 1.77 bits per heavy atom. The number of pyridine rings is 1. The molecule has 4 rings (SSSR count). The maximum Gasteiger partial charge on any atom is 0.257 e. The molecule has 0 radical (unpaired) electrons. The van der Waals surface area contributed by atoms with E-state index in [2.05, 4.69) is 31.1 Å². The zero-order valence-electron chi connectivity index (χ0n) is 16.3. The number of rotatable bonds is 5. The molecule has 4 aromatic rings. The van der Waals surface area contributed by atoms with Gasteiger partial charge in [-0.05, 0) is 65.9 Å². The summed E-state index contributed by atoms with van der Waals surface area (Å²) in [5.41, 5.74) is 1.51. The zero-order valence-corrected chi connectivity index (χ0v) is 16.3. The van der Waals surface area contributed by atoms with Gasteiger partial charge in [0.1, 0.15) is 5.82 Å². The summed E-state index contributed by atoms with van der Waals surface area (Å²) in [5, 5.41) is 16.4. The fraction of sp³-hybridized carbons (Fsp3) is 0.0476. The van der Waals surface area contributed by atoms with E-state index in [0.717, 1.165) is 0 Å². The average molecular weight is 417 g/mol. The van der Waals surface area contributed by atoms with Crippen molar-refractivity contribution in [3.05, 3.63) is 89.8 Å². The molecule has 0 fully saturated rings. The van der Waals surface area contributed by atoms with E-state index in [-0.39, 0.29) is 17.2 Å². The molecule has 2 aromatic carbocycles. The Morgan fingerprint density at radius 3 is 2.52 bits per heavy atom. The van der Waals surface area contributed by atoms with Crippen molar-refractivity contribution in [1.29, 1.82) is 0 Å². The van der Waals surface area contributed by atoms with Crippen molar-refractivity contribution in [3.8, 4) is 5.69 Å². The van der Waals surface area contributed by atoms with Crippen molar-refractivity contribution in [2.24, 2.45) is 0 Å². The van der Waals surface area contributed by atoms with Crippen LogP contribution in [0.3, 0.4) is 0 Å². The van der Waals surface area contributed by atoms with Crippen molar-refractivity contribution in [3.63, 3.8) is 0 Å². The molecule has 0 spiro atoms. The first-order valence-corrected chi connectivity index (χ1v) is 9.19. The molecule has 0 saturated carbocycles. The lowest BCUT2D eigenvalue weighted by molar-refractivity contribution is 0.101. The highest BCUT2D eigenvalue weighted by Crippen LogP contribution is 2.21. The fourth-order valence-corrected chi connectivity index (χ4v) is 2.84. The van der Waals surface area contributed by atoms with Gasteiger partial charge in [-0.2, -0.15) is 4.68 Å². The van der Waals surface area contributed by atoms with Crippen LogP contribution in [0.4, 0.5) is 15.8 Å². The number of nitrogens with zero attached hydrogens (tertiary/aromatic N) is 5. The van der Waals surface area contributed by atoms with E-state index in [0.29, 0.717) is 22.8 Å². The average Bonchev–Trinajstić information content (AvgIpc) is 3.22. The molecule has 2 amide bonds. The molecule has 0 aliphatic rings. The molecule has 0 saturated heterocycles. The van der Waals surface area contributed by atoms with Gasteiger partial charge >= 0.3 is 0 Å². The lowest BCUT2D eigenvalue weighted by Gasteiger charge is -2.10. The Kier molecular flexibility index (Phi) is 5.43. The Balaban J connectivity index is 1.52. The van der Waals surface area contributed by atoms with E-state index in [1.165, 1.54) is 35.1 Å². The largest absolute Gasteiger partial charge is 0.322 e. The summed E-state index contributed by atoms with van der Waals surface area (Å²) in [6.45, 7) is 1.70. The number of halogens is 1. The molecule has 2 N–H and O–H groups in total. The number of benzene rings is 2. The molecule has 2 aromatic heterocycles. The van der Waals surface area contributed by atoms with Gasteiger partial charge < -0.3 is 10.6 Å².